The van der Waals surface area contributed by atoms with Crippen molar-refractivity contribution < 1.29 is 14.5 Å². The minimum atomic E-state index is -0.541. The Kier molecular flexibility index (Phi) is 5.47. The molecule has 1 amide bonds. The minimum Gasteiger partial charge on any atom is -0.490 e. The maximum absolute atomic E-state index is 13.0. The number of carbonyl (C=O) groups excluding carboxylic acids is 1. The highest BCUT2D eigenvalue weighted by Gasteiger charge is 2.24. The van der Waals surface area contributed by atoms with Crippen molar-refractivity contribution in [1.82, 2.24) is 0 Å². The standard InChI is InChI=1S/C21H18N2O4/c1-27-19-13-12-17(14-18(19)23(25)26)22-21(24)20(15-8-4-2-5-9-15)16-10-6-3-7-11-16/h2-14,20H,1H3,(H,22,24). The van der Waals surface area contributed by atoms with Gasteiger partial charge in [-0.1, -0.05) is 60.7 Å². The van der Waals surface area contributed by atoms with Crippen LogP contribution in [0.5, 0.6) is 5.75 Å². The average molecular weight is 362 g/mol. The number of amides is 1. The van der Waals surface area contributed by atoms with E-state index in [1.165, 1.54) is 19.2 Å². The highest BCUT2D eigenvalue weighted by Crippen LogP contribution is 2.31. The highest BCUT2D eigenvalue weighted by molar-refractivity contribution is 5.98. The molecular weight excluding hydrogens is 344 g/mol. The zero-order valence-electron chi connectivity index (χ0n) is 14.7. The molecule has 0 saturated carbocycles. The van der Waals surface area contributed by atoms with E-state index in [1.807, 2.05) is 60.7 Å². The zero-order chi connectivity index (χ0) is 19.2. The van der Waals surface area contributed by atoms with E-state index in [0.717, 1.165) is 11.1 Å². The van der Waals surface area contributed by atoms with Gasteiger partial charge >= 0.3 is 5.69 Å². The predicted octanol–water partition coefficient (Wildman–Crippen LogP) is 4.37. The number of nitro groups is 1. The van der Waals surface area contributed by atoms with Gasteiger partial charge in [0.15, 0.2) is 5.75 Å². The maximum atomic E-state index is 13.0. The van der Waals surface area contributed by atoms with E-state index in [-0.39, 0.29) is 17.3 Å². The molecule has 0 aromatic heterocycles. The molecule has 0 fully saturated rings. The molecule has 27 heavy (non-hydrogen) atoms. The lowest BCUT2D eigenvalue weighted by Gasteiger charge is -2.18. The van der Waals surface area contributed by atoms with E-state index in [4.69, 9.17) is 4.74 Å². The van der Waals surface area contributed by atoms with Crippen molar-refractivity contribution in [3.05, 3.63) is 100 Å². The Balaban J connectivity index is 1.94. The fraction of sp³-hybridized carbons (Fsp3) is 0.0952. The molecule has 0 bridgehead atoms. The van der Waals surface area contributed by atoms with Crippen LogP contribution < -0.4 is 10.1 Å². The van der Waals surface area contributed by atoms with Crippen LogP contribution in [-0.4, -0.2) is 17.9 Å². The summed E-state index contributed by atoms with van der Waals surface area (Å²) < 4.78 is 5.00. The minimum absolute atomic E-state index is 0.140. The van der Waals surface area contributed by atoms with Gasteiger partial charge in [0.1, 0.15) is 0 Å². The van der Waals surface area contributed by atoms with Crippen LogP contribution in [0, 0.1) is 10.1 Å². The molecule has 6 heteroatoms. The Morgan fingerprint density at radius 2 is 1.52 bits per heavy atom. The van der Waals surface area contributed by atoms with Crippen molar-refractivity contribution in [3.8, 4) is 5.75 Å². The summed E-state index contributed by atoms with van der Waals surface area (Å²) in [6.07, 6.45) is 0. The van der Waals surface area contributed by atoms with Gasteiger partial charge in [-0.25, -0.2) is 0 Å². The number of hydrogen-bond acceptors (Lipinski definition) is 4. The molecule has 136 valence electrons. The maximum Gasteiger partial charge on any atom is 0.312 e. The second kappa shape index (κ2) is 8.14. The highest BCUT2D eigenvalue weighted by atomic mass is 16.6. The predicted molar refractivity (Wildman–Crippen MR) is 103 cm³/mol. The van der Waals surface area contributed by atoms with Crippen LogP contribution in [-0.2, 0) is 4.79 Å². The van der Waals surface area contributed by atoms with Crippen molar-refractivity contribution in [2.75, 3.05) is 12.4 Å². The lowest BCUT2D eigenvalue weighted by molar-refractivity contribution is -0.385. The molecule has 0 heterocycles. The number of hydrogen-bond donors (Lipinski definition) is 1. The Bertz CT molecular complexity index is 903. The third kappa shape index (κ3) is 4.12. The van der Waals surface area contributed by atoms with Gasteiger partial charge in [-0.2, -0.15) is 0 Å². The summed E-state index contributed by atoms with van der Waals surface area (Å²) in [4.78, 5) is 23.7. The Hall–Kier alpha value is -3.67. The Morgan fingerprint density at radius 3 is 2.00 bits per heavy atom. The molecule has 1 N–H and O–H groups in total. The van der Waals surface area contributed by atoms with E-state index < -0.39 is 10.8 Å². The van der Waals surface area contributed by atoms with E-state index in [9.17, 15) is 14.9 Å². The van der Waals surface area contributed by atoms with Crippen molar-refractivity contribution in [2.24, 2.45) is 0 Å². The summed E-state index contributed by atoms with van der Waals surface area (Å²) >= 11 is 0. The molecule has 3 aromatic carbocycles. The van der Waals surface area contributed by atoms with Gasteiger partial charge in [-0.05, 0) is 23.3 Å². The van der Waals surface area contributed by atoms with Crippen molar-refractivity contribution in [1.29, 1.82) is 0 Å². The Morgan fingerprint density at radius 1 is 0.963 bits per heavy atom. The number of ether oxygens (including phenoxy) is 1. The van der Waals surface area contributed by atoms with Crippen molar-refractivity contribution in [2.45, 2.75) is 5.92 Å². The first-order chi connectivity index (χ1) is 13.1. The average Bonchev–Trinajstić information content (AvgIpc) is 2.69. The van der Waals surface area contributed by atoms with E-state index in [0.29, 0.717) is 5.69 Å². The molecular formula is C21H18N2O4. The van der Waals surface area contributed by atoms with Gasteiger partial charge < -0.3 is 10.1 Å². The fourth-order valence-corrected chi connectivity index (χ4v) is 2.91. The zero-order valence-corrected chi connectivity index (χ0v) is 14.7. The smallest absolute Gasteiger partial charge is 0.312 e. The van der Waals surface area contributed by atoms with Gasteiger partial charge in [0.25, 0.3) is 0 Å². The molecule has 0 aliphatic carbocycles. The summed E-state index contributed by atoms with van der Waals surface area (Å²) in [6.45, 7) is 0. The van der Waals surface area contributed by atoms with Crippen LogP contribution in [0.15, 0.2) is 78.9 Å². The number of nitro benzene ring substituents is 1. The molecule has 3 aromatic rings. The number of methoxy groups -OCH3 is 1. The lowest BCUT2D eigenvalue weighted by Crippen LogP contribution is -2.22. The molecule has 0 saturated heterocycles. The van der Waals surface area contributed by atoms with Crippen LogP contribution in [0.1, 0.15) is 17.0 Å². The lowest BCUT2D eigenvalue weighted by atomic mass is 9.90. The first-order valence-electron chi connectivity index (χ1n) is 8.33. The van der Waals surface area contributed by atoms with Crippen LogP contribution >= 0.6 is 0 Å². The molecule has 0 aliphatic rings. The summed E-state index contributed by atoms with van der Waals surface area (Å²) in [5, 5.41) is 14.0. The van der Waals surface area contributed by atoms with Crippen LogP contribution in [0.3, 0.4) is 0 Å². The number of carbonyl (C=O) groups is 1. The van der Waals surface area contributed by atoms with Crippen molar-refractivity contribution >= 4 is 17.3 Å². The van der Waals surface area contributed by atoms with Crippen LogP contribution in [0.25, 0.3) is 0 Å². The second-order valence-electron chi connectivity index (χ2n) is 5.89. The summed E-state index contributed by atoms with van der Waals surface area (Å²) in [7, 11) is 1.36. The van der Waals surface area contributed by atoms with Crippen LogP contribution in [0.4, 0.5) is 11.4 Å². The van der Waals surface area contributed by atoms with E-state index in [2.05, 4.69) is 5.32 Å². The number of nitrogens with zero attached hydrogens (tertiary/aromatic N) is 1. The van der Waals surface area contributed by atoms with E-state index in [1.54, 1.807) is 6.07 Å². The number of nitrogens with one attached hydrogen (secondary N) is 1. The van der Waals surface area contributed by atoms with Gasteiger partial charge in [0, 0.05) is 11.8 Å². The number of benzene rings is 3. The quantitative estimate of drug-likeness (QED) is 0.521. The van der Waals surface area contributed by atoms with Gasteiger partial charge in [-0.3, -0.25) is 14.9 Å². The fourth-order valence-electron chi connectivity index (χ4n) is 2.91. The first kappa shape index (κ1) is 18.1. The monoisotopic (exact) mass is 362 g/mol. The van der Waals surface area contributed by atoms with Gasteiger partial charge in [-0.15, -0.1) is 0 Å². The van der Waals surface area contributed by atoms with E-state index >= 15 is 0 Å². The largest absolute Gasteiger partial charge is 0.490 e. The summed E-state index contributed by atoms with van der Waals surface area (Å²) in [5.41, 5.74) is 1.81. The normalized spacial score (nSPS) is 10.4. The second-order valence-corrected chi connectivity index (χ2v) is 5.89. The molecule has 0 atom stereocenters. The number of anilines is 1. The molecule has 0 aliphatic heterocycles. The first-order valence-corrected chi connectivity index (χ1v) is 8.33. The topological polar surface area (TPSA) is 81.5 Å². The third-order valence-corrected chi connectivity index (χ3v) is 4.17. The summed E-state index contributed by atoms with van der Waals surface area (Å²) in [5.74, 6) is -0.666. The molecule has 0 radical (unpaired) electrons. The van der Waals surface area contributed by atoms with Gasteiger partial charge in [0.2, 0.25) is 5.91 Å². The molecule has 0 spiro atoms. The number of rotatable bonds is 6. The molecule has 0 unspecified atom stereocenters. The van der Waals surface area contributed by atoms with Crippen LogP contribution in [0.2, 0.25) is 0 Å². The molecule has 3 rings (SSSR count). The van der Waals surface area contributed by atoms with Crippen molar-refractivity contribution in [3.63, 3.8) is 0 Å². The Labute approximate surface area is 156 Å². The molecule has 6 nitrogen and oxygen atoms in total. The SMILES string of the molecule is COc1ccc(NC(=O)C(c2ccccc2)c2ccccc2)cc1[N+](=O)[O-]. The summed E-state index contributed by atoms with van der Waals surface area (Å²) in [6, 6.07) is 23.1. The van der Waals surface area contributed by atoms with Gasteiger partial charge in [0.05, 0.1) is 18.0 Å². The third-order valence-electron chi connectivity index (χ3n) is 4.17.